The lowest BCUT2D eigenvalue weighted by Crippen LogP contribution is -2.37. The molecule has 140 valence electrons. The number of anilines is 1. The van der Waals surface area contributed by atoms with Crippen LogP contribution in [0.2, 0.25) is 0 Å². The van der Waals surface area contributed by atoms with E-state index in [1.165, 1.54) is 17.7 Å². The summed E-state index contributed by atoms with van der Waals surface area (Å²) in [6.45, 7) is 4.97. The Hall–Kier alpha value is -1.85. The molecule has 0 bridgehead atoms. The molecule has 1 N–H and O–H groups in total. The lowest BCUT2D eigenvalue weighted by Gasteiger charge is -2.30. The first-order valence-electron chi connectivity index (χ1n) is 9.35. The number of nitrogens with zero attached hydrogens (tertiary/aromatic N) is 1. The van der Waals surface area contributed by atoms with Gasteiger partial charge in [0.05, 0.1) is 13.7 Å². The van der Waals surface area contributed by atoms with Gasteiger partial charge in [0.2, 0.25) is 5.91 Å². The molecule has 4 nitrogen and oxygen atoms in total. The van der Waals surface area contributed by atoms with E-state index < -0.39 is 0 Å². The molecular formula is C21H28N2O2S. The first-order chi connectivity index (χ1) is 12.7. The molecule has 26 heavy (non-hydrogen) atoms. The molecule has 2 aromatic rings. The first-order valence-corrected chi connectivity index (χ1v) is 10.2. The SMILES string of the molecule is COc1ccc(N(Cc2cccs2)C(=O)CC(C)C2CCCNC2)cc1. The average molecular weight is 373 g/mol. The van der Waals surface area contributed by atoms with Gasteiger partial charge in [-0.25, -0.2) is 0 Å². The van der Waals surface area contributed by atoms with Crippen molar-refractivity contribution < 1.29 is 9.53 Å². The molecule has 1 aliphatic heterocycles. The monoisotopic (exact) mass is 372 g/mol. The van der Waals surface area contributed by atoms with Crippen molar-refractivity contribution in [1.29, 1.82) is 0 Å². The van der Waals surface area contributed by atoms with Crippen molar-refractivity contribution in [2.45, 2.75) is 32.7 Å². The number of methoxy groups -OCH3 is 1. The van der Waals surface area contributed by atoms with Gasteiger partial charge in [-0.3, -0.25) is 4.79 Å². The molecule has 1 amide bonds. The summed E-state index contributed by atoms with van der Waals surface area (Å²) in [6.07, 6.45) is 3.01. The van der Waals surface area contributed by atoms with Gasteiger partial charge in [0.1, 0.15) is 5.75 Å². The van der Waals surface area contributed by atoms with Crippen molar-refractivity contribution in [3.8, 4) is 5.75 Å². The van der Waals surface area contributed by atoms with E-state index in [2.05, 4.69) is 23.7 Å². The number of hydrogen-bond acceptors (Lipinski definition) is 4. The van der Waals surface area contributed by atoms with Gasteiger partial charge in [0, 0.05) is 17.0 Å². The third kappa shape index (κ3) is 4.86. The van der Waals surface area contributed by atoms with Crippen LogP contribution in [0.3, 0.4) is 0 Å². The van der Waals surface area contributed by atoms with E-state index >= 15 is 0 Å². The Labute approximate surface area is 160 Å². The molecule has 1 aromatic carbocycles. The highest BCUT2D eigenvalue weighted by Crippen LogP contribution is 2.27. The molecular weight excluding hydrogens is 344 g/mol. The summed E-state index contributed by atoms with van der Waals surface area (Å²) in [4.78, 5) is 16.3. The number of amides is 1. The molecule has 2 unspecified atom stereocenters. The highest BCUT2D eigenvalue weighted by Gasteiger charge is 2.25. The smallest absolute Gasteiger partial charge is 0.227 e. The van der Waals surface area contributed by atoms with Crippen LogP contribution in [-0.2, 0) is 11.3 Å². The minimum absolute atomic E-state index is 0.196. The van der Waals surface area contributed by atoms with Crippen molar-refractivity contribution in [3.63, 3.8) is 0 Å². The topological polar surface area (TPSA) is 41.6 Å². The zero-order valence-corrected chi connectivity index (χ0v) is 16.4. The molecule has 0 aliphatic carbocycles. The zero-order valence-electron chi connectivity index (χ0n) is 15.6. The number of nitrogens with one attached hydrogen (secondary N) is 1. The first kappa shape index (κ1) is 18.9. The number of carbonyl (C=O) groups excluding carboxylic acids is 1. The number of carbonyl (C=O) groups is 1. The molecule has 0 radical (unpaired) electrons. The summed E-state index contributed by atoms with van der Waals surface area (Å²) >= 11 is 1.69. The highest BCUT2D eigenvalue weighted by molar-refractivity contribution is 7.09. The fourth-order valence-corrected chi connectivity index (χ4v) is 4.25. The molecule has 2 heterocycles. The third-order valence-corrected chi connectivity index (χ3v) is 6.08. The standard InChI is InChI=1S/C21H28N2O2S/c1-16(17-5-3-11-22-14-17)13-21(24)23(15-20-6-4-12-26-20)18-7-9-19(25-2)10-8-18/h4,6-10,12,16-17,22H,3,5,11,13-15H2,1-2H3. The molecule has 1 aliphatic rings. The molecule has 1 saturated heterocycles. The maximum atomic E-state index is 13.2. The van der Waals surface area contributed by atoms with Gasteiger partial charge in [-0.1, -0.05) is 13.0 Å². The average Bonchev–Trinajstić information content (AvgIpc) is 3.20. The second-order valence-corrected chi connectivity index (χ2v) is 8.08. The fraction of sp³-hybridized carbons (Fsp3) is 0.476. The van der Waals surface area contributed by atoms with Gasteiger partial charge in [0.25, 0.3) is 0 Å². The van der Waals surface area contributed by atoms with Gasteiger partial charge < -0.3 is 15.0 Å². The molecule has 1 fully saturated rings. The number of ether oxygens (including phenoxy) is 1. The Bertz CT molecular complexity index is 679. The molecule has 3 rings (SSSR count). The highest BCUT2D eigenvalue weighted by atomic mass is 32.1. The molecule has 0 saturated carbocycles. The predicted molar refractivity (Wildman–Crippen MR) is 108 cm³/mol. The Balaban J connectivity index is 1.73. The summed E-state index contributed by atoms with van der Waals surface area (Å²) in [5.74, 6) is 1.98. The summed E-state index contributed by atoms with van der Waals surface area (Å²) in [5.41, 5.74) is 0.929. The second kappa shape index (κ2) is 9.19. The van der Waals surface area contributed by atoms with Crippen LogP contribution in [0, 0.1) is 11.8 Å². The minimum atomic E-state index is 0.196. The quantitative estimate of drug-likeness (QED) is 0.787. The fourth-order valence-electron chi connectivity index (χ4n) is 3.56. The summed E-state index contributed by atoms with van der Waals surface area (Å²) in [7, 11) is 1.66. The molecule has 1 aromatic heterocycles. The lowest BCUT2D eigenvalue weighted by atomic mass is 9.85. The number of hydrogen-bond donors (Lipinski definition) is 1. The van der Waals surface area contributed by atoms with Crippen molar-refractivity contribution in [2.24, 2.45) is 11.8 Å². The van der Waals surface area contributed by atoms with E-state index in [4.69, 9.17) is 4.74 Å². The van der Waals surface area contributed by atoms with E-state index in [1.807, 2.05) is 35.2 Å². The Kier molecular flexibility index (Phi) is 6.69. The molecule has 2 atom stereocenters. The molecule has 0 spiro atoms. The van der Waals surface area contributed by atoms with Crippen LogP contribution in [0.4, 0.5) is 5.69 Å². The van der Waals surface area contributed by atoms with Gasteiger partial charge in [-0.05, 0) is 73.5 Å². The molecule has 5 heteroatoms. The van der Waals surface area contributed by atoms with Crippen LogP contribution in [-0.4, -0.2) is 26.1 Å². The number of benzene rings is 1. The summed E-state index contributed by atoms with van der Waals surface area (Å²) < 4.78 is 5.25. The largest absolute Gasteiger partial charge is 0.497 e. The van der Waals surface area contributed by atoms with Gasteiger partial charge in [0.15, 0.2) is 0 Å². The predicted octanol–water partition coefficient (Wildman–Crippen LogP) is 4.32. The summed E-state index contributed by atoms with van der Waals surface area (Å²) in [5, 5.41) is 5.52. The van der Waals surface area contributed by atoms with Crippen LogP contribution in [0.25, 0.3) is 0 Å². The summed E-state index contributed by atoms with van der Waals surface area (Å²) in [6, 6.07) is 11.9. The van der Waals surface area contributed by atoms with Gasteiger partial charge in [-0.15, -0.1) is 11.3 Å². The normalized spacial score (nSPS) is 18.3. The van der Waals surface area contributed by atoms with Crippen LogP contribution >= 0.6 is 11.3 Å². The Morgan fingerprint density at radius 3 is 2.77 bits per heavy atom. The Morgan fingerprint density at radius 2 is 2.15 bits per heavy atom. The van der Waals surface area contributed by atoms with Crippen molar-refractivity contribution in [3.05, 3.63) is 46.7 Å². The number of thiophene rings is 1. The van der Waals surface area contributed by atoms with E-state index in [0.717, 1.165) is 24.5 Å². The number of rotatable bonds is 7. The second-order valence-electron chi connectivity index (χ2n) is 7.05. The van der Waals surface area contributed by atoms with Crippen LogP contribution in [0.5, 0.6) is 5.75 Å². The zero-order chi connectivity index (χ0) is 18.4. The number of piperidine rings is 1. The maximum absolute atomic E-state index is 13.2. The van der Waals surface area contributed by atoms with E-state index in [-0.39, 0.29) is 5.91 Å². The Morgan fingerprint density at radius 1 is 1.35 bits per heavy atom. The van der Waals surface area contributed by atoms with Gasteiger partial charge >= 0.3 is 0 Å². The minimum Gasteiger partial charge on any atom is -0.497 e. The van der Waals surface area contributed by atoms with Gasteiger partial charge in [-0.2, -0.15) is 0 Å². The van der Waals surface area contributed by atoms with E-state index in [9.17, 15) is 4.79 Å². The van der Waals surface area contributed by atoms with Crippen molar-refractivity contribution >= 4 is 22.9 Å². The van der Waals surface area contributed by atoms with Crippen LogP contribution < -0.4 is 15.0 Å². The van der Waals surface area contributed by atoms with E-state index in [1.54, 1.807) is 18.4 Å². The lowest BCUT2D eigenvalue weighted by molar-refractivity contribution is -0.120. The van der Waals surface area contributed by atoms with Crippen molar-refractivity contribution in [2.75, 3.05) is 25.1 Å². The van der Waals surface area contributed by atoms with Crippen LogP contribution in [0.15, 0.2) is 41.8 Å². The maximum Gasteiger partial charge on any atom is 0.227 e. The van der Waals surface area contributed by atoms with Crippen molar-refractivity contribution in [1.82, 2.24) is 5.32 Å². The van der Waals surface area contributed by atoms with Crippen LogP contribution in [0.1, 0.15) is 31.1 Å². The van der Waals surface area contributed by atoms with E-state index in [0.29, 0.717) is 24.8 Å². The third-order valence-electron chi connectivity index (χ3n) is 5.22.